The van der Waals surface area contributed by atoms with Crippen LogP contribution >= 0.6 is 0 Å². The molecule has 6 rings (SSSR count). The maximum atomic E-state index is 2.37. The van der Waals surface area contributed by atoms with E-state index in [-0.39, 0.29) is 0 Å². The van der Waals surface area contributed by atoms with Crippen molar-refractivity contribution < 1.29 is 0 Å². The number of benzene rings is 6. The fraction of sp³-hybridized carbons (Fsp3) is 0. The van der Waals surface area contributed by atoms with Gasteiger partial charge in [0.1, 0.15) is 0 Å². The van der Waals surface area contributed by atoms with E-state index in [9.17, 15) is 0 Å². The first-order valence-electron chi connectivity index (χ1n) is 10.4. The van der Waals surface area contributed by atoms with Crippen molar-refractivity contribution in [3.8, 4) is 22.3 Å². The Morgan fingerprint density at radius 2 is 0.700 bits per heavy atom. The van der Waals surface area contributed by atoms with Crippen molar-refractivity contribution in [1.29, 1.82) is 0 Å². The molecule has 0 N–H and O–H groups in total. The van der Waals surface area contributed by atoms with Crippen LogP contribution in [0.4, 0.5) is 0 Å². The summed E-state index contributed by atoms with van der Waals surface area (Å²) in [6, 6.07) is 43.9. The van der Waals surface area contributed by atoms with Crippen molar-refractivity contribution in [3.63, 3.8) is 0 Å². The molecule has 0 spiro atoms. The number of hydrogen-bond donors (Lipinski definition) is 0. The maximum absolute atomic E-state index is 2.37. The van der Waals surface area contributed by atoms with Gasteiger partial charge in [0.15, 0.2) is 0 Å². The Kier molecular flexibility index (Phi) is 3.89. The zero-order valence-corrected chi connectivity index (χ0v) is 16.5. The summed E-state index contributed by atoms with van der Waals surface area (Å²) >= 11 is 0. The molecule has 0 fully saturated rings. The molecule has 0 radical (unpaired) electrons. The molecule has 6 aromatic rings. The van der Waals surface area contributed by atoms with Gasteiger partial charge < -0.3 is 0 Å². The van der Waals surface area contributed by atoms with Crippen LogP contribution in [0.25, 0.3) is 54.6 Å². The first kappa shape index (κ1) is 17.0. The third kappa shape index (κ3) is 2.77. The fourth-order valence-corrected chi connectivity index (χ4v) is 4.52. The summed E-state index contributed by atoms with van der Waals surface area (Å²) < 4.78 is 0. The highest BCUT2D eigenvalue weighted by atomic mass is 14.1. The van der Waals surface area contributed by atoms with Crippen molar-refractivity contribution in [2.45, 2.75) is 0 Å². The van der Waals surface area contributed by atoms with E-state index in [1.807, 2.05) is 0 Å². The molecule has 0 heterocycles. The standard InChI is InChI=1S/C30H20/c1-3-9-21(10-4-1)27-15-16-28(22-11-5-2-6-12-22)30-20-26-18-24-14-8-7-13-23(24)17-25(26)19-29(27)30/h1-20H. The minimum Gasteiger partial charge on any atom is -0.0622 e. The van der Waals surface area contributed by atoms with Crippen molar-refractivity contribution in [2.75, 3.05) is 0 Å². The average Bonchev–Trinajstić information content (AvgIpc) is 2.82. The zero-order valence-electron chi connectivity index (χ0n) is 16.5. The molecule has 0 heteroatoms. The van der Waals surface area contributed by atoms with E-state index in [1.165, 1.54) is 54.6 Å². The van der Waals surface area contributed by atoms with Crippen molar-refractivity contribution in [2.24, 2.45) is 0 Å². The molecule has 6 aromatic carbocycles. The largest absolute Gasteiger partial charge is 0.0622 e. The Labute approximate surface area is 176 Å². The normalized spacial score (nSPS) is 11.3. The lowest BCUT2D eigenvalue weighted by atomic mass is 9.89. The molecular formula is C30H20. The minimum atomic E-state index is 1.25. The van der Waals surface area contributed by atoms with Crippen LogP contribution in [0.3, 0.4) is 0 Å². The van der Waals surface area contributed by atoms with Crippen LogP contribution in [0.5, 0.6) is 0 Å². The van der Waals surface area contributed by atoms with E-state index < -0.39 is 0 Å². The van der Waals surface area contributed by atoms with Gasteiger partial charge in [-0.2, -0.15) is 0 Å². The summed E-state index contributed by atoms with van der Waals surface area (Å²) in [5.74, 6) is 0. The molecule has 0 bridgehead atoms. The molecule has 0 saturated heterocycles. The zero-order chi connectivity index (χ0) is 19.9. The van der Waals surface area contributed by atoms with Gasteiger partial charge in [0.25, 0.3) is 0 Å². The lowest BCUT2D eigenvalue weighted by molar-refractivity contribution is 1.63. The van der Waals surface area contributed by atoms with E-state index in [0.29, 0.717) is 0 Å². The van der Waals surface area contributed by atoms with Gasteiger partial charge in [0, 0.05) is 0 Å². The summed E-state index contributed by atoms with van der Waals surface area (Å²) in [5.41, 5.74) is 5.06. The second-order valence-electron chi connectivity index (χ2n) is 7.84. The van der Waals surface area contributed by atoms with Crippen molar-refractivity contribution in [3.05, 3.63) is 121 Å². The molecule has 0 nitrogen and oxygen atoms in total. The molecule has 0 aliphatic heterocycles. The third-order valence-corrected chi connectivity index (χ3v) is 6.01. The minimum absolute atomic E-state index is 1.25. The van der Waals surface area contributed by atoms with Crippen LogP contribution in [0.2, 0.25) is 0 Å². The van der Waals surface area contributed by atoms with Gasteiger partial charge in [-0.25, -0.2) is 0 Å². The Hall–Kier alpha value is -3.90. The summed E-state index contributed by atoms with van der Waals surface area (Å²) in [6.07, 6.45) is 0. The SMILES string of the molecule is c1ccc(-c2ccc(-c3ccccc3)c3cc4cc5ccccc5cc4cc23)cc1. The predicted molar refractivity (Wildman–Crippen MR) is 130 cm³/mol. The van der Waals surface area contributed by atoms with Gasteiger partial charge in [-0.1, -0.05) is 97.1 Å². The molecule has 140 valence electrons. The molecule has 0 aromatic heterocycles. The van der Waals surface area contributed by atoms with E-state index in [4.69, 9.17) is 0 Å². The van der Waals surface area contributed by atoms with Gasteiger partial charge in [-0.05, 0) is 78.8 Å². The van der Waals surface area contributed by atoms with Crippen LogP contribution in [-0.4, -0.2) is 0 Å². The summed E-state index contributed by atoms with van der Waals surface area (Å²) in [4.78, 5) is 0. The predicted octanol–water partition coefficient (Wildman–Crippen LogP) is 8.48. The molecule has 0 unspecified atom stereocenters. The lowest BCUT2D eigenvalue weighted by Crippen LogP contribution is -1.87. The molecule has 30 heavy (non-hydrogen) atoms. The summed E-state index contributed by atoms with van der Waals surface area (Å²) in [6.45, 7) is 0. The quantitative estimate of drug-likeness (QED) is 0.264. The third-order valence-electron chi connectivity index (χ3n) is 6.01. The molecule has 0 saturated carbocycles. The van der Waals surface area contributed by atoms with Crippen molar-refractivity contribution in [1.82, 2.24) is 0 Å². The highest BCUT2D eigenvalue weighted by Gasteiger charge is 2.11. The molecular weight excluding hydrogens is 360 g/mol. The molecule has 0 amide bonds. The van der Waals surface area contributed by atoms with Crippen LogP contribution in [-0.2, 0) is 0 Å². The Morgan fingerprint density at radius 1 is 0.300 bits per heavy atom. The van der Waals surface area contributed by atoms with E-state index >= 15 is 0 Å². The van der Waals surface area contributed by atoms with Gasteiger partial charge in [0.05, 0.1) is 0 Å². The average molecular weight is 380 g/mol. The van der Waals surface area contributed by atoms with Gasteiger partial charge >= 0.3 is 0 Å². The molecule has 0 atom stereocenters. The summed E-state index contributed by atoms with van der Waals surface area (Å²) in [5, 5.41) is 7.72. The number of hydrogen-bond acceptors (Lipinski definition) is 0. The molecule has 0 aliphatic carbocycles. The first-order chi connectivity index (χ1) is 14.9. The first-order valence-corrected chi connectivity index (χ1v) is 10.4. The van der Waals surface area contributed by atoms with Gasteiger partial charge in [-0.15, -0.1) is 0 Å². The smallest absolute Gasteiger partial charge is 0.00928 e. The second kappa shape index (κ2) is 6.86. The highest BCUT2D eigenvalue weighted by Crippen LogP contribution is 2.38. The number of fused-ring (bicyclic) bond motifs is 3. The second-order valence-corrected chi connectivity index (χ2v) is 7.84. The molecule has 0 aliphatic rings. The topological polar surface area (TPSA) is 0 Å². The Bertz CT molecular complexity index is 1390. The lowest BCUT2D eigenvalue weighted by Gasteiger charge is -2.14. The van der Waals surface area contributed by atoms with Crippen LogP contribution < -0.4 is 0 Å². The van der Waals surface area contributed by atoms with Gasteiger partial charge in [-0.3, -0.25) is 0 Å². The van der Waals surface area contributed by atoms with E-state index in [0.717, 1.165) is 0 Å². The maximum Gasteiger partial charge on any atom is -0.00928 e. The summed E-state index contributed by atoms with van der Waals surface area (Å²) in [7, 11) is 0. The van der Waals surface area contributed by atoms with Crippen LogP contribution in [0.1, 0.15) is 0 Å². The van der Waals surface area contributed by atoms with Crippen molar-refractivity contribution >= 4 is 32.3 Å². The fourth-order valence-electron chi connectivity index (χ4n) is 4.52. The Balaban J connectivity index is 1.74. The van der Waals surface area contributed by atoms with Gasteiger partial charge in [0.2, 0.25) is 0 Å². The monoisotopic (exact) mass is 380 g/mol. The number of rotatable bonds is 2. The van der Waals surface area contributed by atoms with Crippen LogP contribution in [0.15, 0.2) is 121 Å². The van der Waals surface area contributed by atoms with E-state index in [2.05, 4.69) is 121 Å². The van der Waals surface area contributed by atoms with Crippen LogP contribution in [0, 0.1) is 0 Å². The van der Waals surface area contributed by atoms with E-state index in [1.54, 1.807) is 0 Å². The highest BCUT2D eigenvalue weighted by molar-refractivity contribution is 6.12. The Morgan fingerprint density at radius 3 is 1.13 bits per heavy atom.